The lowest BCUT2D eigenvalue weighted by atomic mass is 10.0. The maximum Gasteiger partial charge on any atom is 0.417 e. The van der Waals surface area contributed by atoms with Crippen molar-refractivity contribution in [3.63, 3.8) is 0 Å². The molecule has 2 saturated heterocycles. The summed E-state index contributed by atoms with van der Waals surface area (Å²) in [6.07, 6.45) is 0.176. The number of alkyl halides is 6. The van der Waals surface area contributed by atoms with Gasteiger partial charge in [-0.25, -0.2) is 0 Å². The summed E-state index contributed by atoms with van der Waals surface area (Å²) in [5.41, 5.74) is -1.22. The summed E-state index contributed by atoms with van der Waals surface area (Å²) in [6.45, 7) is 9.40. The molecule has 3 rings (SSSR count). The fourth-order valence-electron chi connectivity index (χ4n) is 5.11. The van der Waals surface area contributed by atoms with Crippen molar-refractivity contribution >= 4 is 33.7 Å². The largest absolute Gasteiger partial charge is 0.417 e. The minimum absolute atomic E-state index is 0.0207. The van der Waals surface area contributed by atoms with Crippen molar-refractivity contribution in [1.29, 1.82) is 0 Å². The third-order valence-corrected chi connectivity index (χ3v) is 8.87. The number of piperidine rings is 1. The highest BCUT2D eigenvalue weighted by atomic mass is 32.2. The number of anilines is 1. The molecule has 0 bridgehead atoms. The molecule has 1 unspecified atom stereocenters. The van der Waals surface area contributed by atoms with Gasteiger partial charge in [-0.2, -0.15) is 26.3 Å². The Kier molecular flexibility index (Phi) is 12.6. The highest BCUT2D eigenvalue weighted by molar-refractivity contribution is 7.84. The van der Waals surface area contributed by atoms with Gasteiger partial charge in [-0.05, 0) is 50.4 Å². The molecular formula is C29H38F6N4OS2. The maximum absolute atomic E-state index is 13.4. The number of nitrogens with zero attached hydrogens (tertiary/aromatic N) is 3. The van der Waals surface area contributed by atoms with E-state index in [1.165, 1.54) is 12.3 Å². The van der Waals surface area contributed by atoms with Gasteiger partial charge in [-0.15, -0.1) is 0 Å². The Morgan fingerprint density at radius 1 is 1.07 bits per heavy atom. The predicted molar refractivity (Wildman–Crippen MR) is 160 cm³/mol. The molecule has 0 saturated carbocycles. The number of thiocarbonyl (C=S) groups is 1. The molecule has 234 valence electrons. The zero-order valence-electron chi connectivity index (χ0n) is 23.6. The monoisotopic (exact) mass is 636 g/mol. The van der Waals surface area contributed by atoms with Gasteiger partial charge in [0.2, 0.25) is 0 Å². The van der Waals surface area contributed by atoms with Gasteiger partial charge in [0.15, 0.2) is 0 Å². The van der Waals surface area contributed by atoms with Crippen LogP contribution in [0.1, 0.15) is 31.2 Å². The van der Waals surface area contributed by atoms with Crippen LogP contribution in [0.3, 0.4) is 0 Å². The van der Waals surface area contributed by atoms with Gasteiger partial charge < -0.3 is 15.1 Å². The Balaban J connectivity index is 1.35. The van der Waals surface area contributed by atoms with E-state index < -0.39 is 34.3 Å². The molecule has 0 spiro atoms. The Labute approximate surface area is 251 Å². The van der Waals surface area contributed by atoms with E-state index in [2.05, 4.69) is 26.6 Å². The smallest absolute Gasteiger partial charge is 0.382 e. The minimum atomic E-state index is -4.58. The summed E-state index contributed by atoms with van der Waals surface area (Å²) in [6, 6.07) is 3.88. The Hall–Kier alpha value is -2.22. The average molecular weight is 637 g/mol. The standard InChI is InChI=1S/C29H38F6N4OS2/c1-3-6-22(28(30,31)32)7-4-13-37-17-19-38(20-18-37)14-5-8-27(41)39-15-11-23(12-16-39)36-24-9-10-26(42(2)40)25(21-24)29(33,34)35/h3-4,6-7,9-10,21,23,36H,1,5,8,11-20H2,2H3/b7-4-,22-6+. The molecule has 2 aliphatic heterocycles. The van der Waals surface area contributed by atoms with Gasteiger partial charge in [0.05, 0.1) is 31.8 Å². The molecule has 1 N–H and O–H groups in total. The van der Waals surface area contributed by atoms with Gasteiger partial charge in [0.1, 0.15) is 0 Å². The molecule has 0 radical (unpaired) electrons. The van der Waals surface area contributed by atoms with Crippen molar-refractivity contribution in [2.24, 2.45) is 0 Å². The lowest BCUT2D eigenvalue weighted by Crippen LogP contribution is -2.46. The number of piperazine rings is 1. The van der Waals surface area contributed by atoms with Gasteiger partial charge in [-0.1, -0.05) is 43.1 Å². The van der Waals surface area contributed by atoms with Crippen molar-refractivity contribution in [2.45, 2.75) is 49.0 Å². The van der Waals surface area contributed by atoms with E-state index in [1.54, 1.807) is 12.1 Å². The van der Waals surface area contributed by atoms with Crippen LogP contribution in [0.5, 0.6) is 0 Å². The summed E-state index contributed by atoms with van der Waals surface area (Å²) < 4.78 is 90.9. The number of benzene rings is 1. The lowest BCUT2D eigenvalue weighted by molar-refractivity contribution is -0.139. The lowest BCUT2D eigenvalue weighted by Gasteiger charge is -2.36. The number of allylic oxidation sites excluding steroid dienone is 4. The fraction of sp³-hybridized carbons (Fsp3) is 0.552. The molecule has 13 heteroatoms. The molecule has 42 heavy (non-hydrogen) atoms. The van der Waals surface area contributed by atoms with Crippen molar-refractivity contribution in [1.82, 2.24) is 14.7 Å². The van der Waals surface area contributed by atoms with E-state index in [0.29, 0.717) is 12.2 Å². The second-order valence-corrected chi connectivity index (χ2v) is 12.3. The molecule has 2 aliphatic rings. The maximum atomic E-state index is 13.4. The van der Waals surface area contributed by atoms with Crippen LogP contribution in [-0.4, -0.2) is 94.7 Å². The highest BCUT2D eigenvalue weighted by Gasteiger charge is 2.35. The second kappa shape index (κ2) is 15.5. The zero-order chi connectivity index (χ0) is 30.9. The third-order valence-electron chi connectivity index (χ3n) is 7.43. The first-order chi connectivity index (χ1) is 19.8. The van der Waals surface area contributed by atoms with Crippen LogP contribution in [0.4, 0.5) is 32.0 Å². The second-order valence-electron chi connectivity index (χ2n) is 10.5. The molecule has 2 heterocycles. The van der Waals surface area contributed by atoms with Gasteiger partial charge in [-0.3, -0.25) is 9.11 Å². The van der Waals surface area contributed by atoms with Crippen LogP contribution in [0, 0.1) is 0 Å². The quantitative estimate of drug-likeness (QED) is 0.175. The topological polar surface area (TPSA) is 38.8 Å². The van der Waals surface area contributed by atoms with E-state index >= 15 is 0 Å². The number of halogens is 6. The van der Waals surface area contributed by atoms with Crippen LogP contribution in [0.2, 0.25) is 0 Å². The first-order valence-corrected chi connectivity index (χ1v) is 15.8. The first-order valence-electron chi connectivity index (χ1n) is 13.9. The summed E-state index contributed by atoms with van der Waals surface area (Å²) >= 11 is 5.66. The Morgan fingerprint density at radius 2 is 1.71 bits per heavy atom. The molecule has 2 fully saturated rings. The van der Waals surface area contributed by atoms with Crippen LogP contribution in [0.25, 0.3) is 0 Å². The molecule has 0 amide bonds. The molecule has 0 aromatic heterocycles. The molecule has 1 aromatic rings. The van der Waals surface area contributed by atoms with Crippen LogP contribution in [-0.2, 0) is 17.0 Å². The first kappa shape index (κ1) is 34.3. The summed E-state index contributed by atoms with van der Waals surface area (Å²) in [7, 11) is -1.74. The van der Waals surface area contributed by atoms with Crippen molar-refractivity contribution in [3.8, 4) is 0 Å². The van der Waals surface area contributed by atoms with Crippen LogP contribution in [0.15, 0.2) is 59.6 Å². The molecule has 1 atom stereocenters. The summed E-state index contributed by atoms with van der Waals surface area (Å²) in [4.78, 5) is 7.30. The van der Waals surface area contributed by atoms with Gasteiger partial charge >= 0.3 is 12.4 Å². The number of hydrogen-bond donors (Lipinski definition) is 1. The van der Waals surface area contributed by atoms with E-state index in [0.717, 1.165) is 101 Å². The minimum Gasteiger partial charge on any atom is -0.382 e. The Morgan fingerprint density at radius 3 is 2.29 bits per heavy atom. The predicted octanol–water partition coefficient (Wildman–Crippen LogP) is 6.28. The zero-order valence-corrected chi connectivity index (χ0v) is 25.3. The molecule has 0 aliphatic carbocycles. The molecule has 1 aromatic carbocycles. The molecular weight excluding hydrogens is 598 g/mol. The van der Waals surface area contributed by atoms with E-state index in [-0.39, 0.29) is 10.9 Å². The number of hydrogen-bond acceptors (Lipinski definition) is 5. The normalized spacial score (nSPS) is 19.3. The third kappa shape index (κ3) is 10.5. The molecule has 5 nitrogen and oxygen atoms in total. The fourth-order valence-corrected chi connectivity index (χ4v) is 6.18. The summed E-state index contributed by atoms with van der Waals surface area (Å²) in [5.74, 6) is 0. The van der Waals surface area contributed by atoms with Gasteiger partial charge in [0, 0.05) is 63.8 Å². The van der Waals surface area contributed by atoms with Crippen molar-refractivity contribution in [2.75, 3.05) is 63.9 Å². The number of rotatable bonds is 11. The Bertz CT molecular complexity index is 1150. The van der Waals surface area contributed by atoms with Crippen LogP contribution >= 0.6 is 12.2 Å². The summed E-state index contributed by atoms with van der Waals surface area (Å²) in [5, 5.41) is 3.20. The van der Waals surface area contributed by atoms with Crippen molar-refractivity contribution in [3.05, 3.63) is 60.2 Å². The number of nitrogens with one attached hydrogen (secondary N) is 1. The average Bonchev–Trinajstić information content (AvgIpc) is 2.92. The number of likely N-dealkylation sites (tertiary alicyclic amines) is 1. The van der Waals surface area contributed by atoms with E-state index in [1.807, 2.05) is 0 Å². The van der Waals surface area contributed by atoms with E-state index in [4.69, 9.17) is 12.2 Å². The highest BCUT2D eigenvalue weighted by Crippen LogP contribution is 2.35. The van der Waals surface area contributed by atoms with Crippen LogP contribution < -0.4 is 5.32 Å². The van der Waals surface area contributed by atoms with Crippen molar-refractivity contribution < 1.29 is 30.6 Å². The van der Waals surface area contributed by atoms with E-state index in [9.17, 15) is 30.6 Å². The van der Waals surface area contributed by atoms with Gasteiger partial charge in [0.25, 0.3) is 0 Å². The SMILES string of the molecule is C=C/C=C(\C=C/CN1CCN(CCCC(=S)N2CCC(Nc3ccc(S(C)=O)c(C(F)(F)F)c3)CC2)CC1)C(F)(F)F.